The van der Waals surface area contributed by atoms with Gasteiger partial charge in [-0.05, 0) is 26.8 Å². The first-order chi connectivity index (χ1) is 6.90. The highest BCUT2D eigenvalue weighted by molar-refractivity contribution is 5.79. The van der Waals surface area contributed by atoms with Crippen LogP contribution >= 0.6 is 0 Å². The minimum Gasteiger partial charge on any atom is -0.340 e. The molecule has 0 bridgehead atoms. The van der Waals surface area contributed by atoms with Gasteiger partial charge in [0.15, 0.2) is 0 Å². The third-order valence-corrected chi connectivity index (χ3v) is 2.40. The minimum absolute atomic E-state index is 0.0659. The molecule has 1 amide bonds. The van der Waals surface area contributed by atoms with Crippen molar-refractivity contribution in [1.82, 2.24) is 10.2 Å². The molecule has 3 nitrogen and oxygen atoms in total. The molecule has 0 aliphatic rings. The van der Waals surface area contributed by atoms with Gasteiger partial charge in [0.05, 0.1) is 0 Å². The Morgan fingerprint density at radius 1 is 1.20 bits per heavy atom. The summed E-state index contributed by atoms with van der Waals surface area (Å²) in [5.41, 5.74) is 0. The van der Waals surface area contributed by atoms with Crippen LogP contribution < -0.4 is 5.32 Å². The van der Waals surface area contributed by atoms with Crippen LogP contribution in [0.5, 0.6) is 0 Å². The molecule has 0 fully saturated rings. The standard InChI is InChI=1S/C12H26N2O/c1-9(2)8-14(10(3)4)12(15)11(5)7-13-6/h9-11,13H,7-8H2,1-6H3. The van der Waals surface area contributed by atoms with E-state index in [0.717, 1.165) is 13.1 Å². The first-order valence-corrected chi connectivity index (χ1v) is 5.85. The van der Waals surface area contributed by atoms with Crippen LogP contribution in [0.1, 0.15) is 34.6 Å². The van der Waals surface area contributed by atoms with Crippen molar-refractivity contribution in [2.24, 2.45) is 11.8 Å². The average molecular weight is 214 g/mol. The van der Waals surface area contributed by atoms with Crippen molar-refractivity contribution in [3.8, 4) is 0 Å². The van der Waals surface area contributed by atoms with E-state index in [9.17, 15) is 4.79 Å². The number of rotatable bonds is 6. The molecule has 3 heteroatoms. The van der Waals surface area contributed by atoms with Crippen molar-refractivity contribution in [2.75, 3.05) is 20.1 Å². The average Bonchev–Trinajstić information content (AvgIpc) is 2.12. The summed E-state index contributed by atoms with van der Waals surface area (Å²) < 4.78 is 0. The Morgan fingerprint density at radius 2 is 1.73 bits per heavy atom. The zero-order valence-electron chi connectivity index (χ0n) is 11.0. The molecule has 0 aromatic rings. The SMILES string of the molecule is CNCC(C)C(=O)N(CC(C)C)C(C)C. The quantitative estimate of drug-likeness (QED) is 0.730. The molecule has 0 aromatic heterocycles. The summed E-state index contributed by atoms with van der Waals surface area (Å²) in [7, 11) is 1.88. The molecule has 1 N–H and O–H groups in total. The summed E-state index contributed by atoms with van der Waals surface area (Å²) in [5, 5.41) is 3.05. The molecule has 0 rings (SSSR count). The van der Waals surface area contributed by atoms with Gasteiger partial charge in [-0.1, -0.05) is 20.8 Å². The minimum atomic E-state index is 0.0659. The molecule has 15 heavy (non-hydrogen) atoms. The second kappa shape index (κ2) is 6.83. The summed E-state index contributed by atoms with van der Waals surface area (Å²) in [4.78, 5) is 14.1. The largest absolute Gasteiger partial charge is 0.340 e. The molecule has 0 saturated heterocycles. The van der Waals surface area contributed by atoms with Crippen LogP contribution in [0, 0.1) is 11.8 Å². The first-order valence-electron chi connectivity index (χ1n) is 5.85. The van der Waals surface area contributed by atoms with E-state index < -0.39 is 0 Å². The number of nitrogens with one attached hydrogen (secondary N) is 1. The van der Waals surface area contributed by atoms with Crippen molar-refractivity contribution in [3.63, 3.8) is 0 Å². The van der Waals surface area contributed by atoms with E-state index >= 15 is 0 Å². The molecule has 0 spiro atoms. The summed E-state index contributed by atoms with van der Waals surface area (Å²) in [6.07, 6.45) is 0. The summed E-state index contributed by atoms with van der Waals surface area (Å²) in [6.45, 7) is 12.0. The fourth-order valence-electron chi connectivity index (χ4n) is 1.63. The van der Waals surface area contributed by atoms with Gasteiger partial charge in [0, 0.05) is 25.0 Å². The fraction of sp³-hybridized carbons (Fsp3) is 0.917. The maximum absolute atomic E-state index is 12.1. The summed E-state index contributed by atoms with van der Waals surface area (Å²) >= 11 is 0. The Labute approximate surface area is 94.2 Å². The highest BCUT2D eigenvalue weighted by Gasteiger charge is 2.22. The number of nitrogens with zero attached hydrogens (tertiary/aromatic N) is 1. The van der Waals surface area contributed by atoms with E-state index in [-0.39, 0.29) is 11.8 Å². The first kappa shape index (κ1) is 14.4. The second-order valence-electron chi connectivity index (χ2n) is 4.94. The molecule has 0 aliphatic carbocycles. The van der Waals surface area contributed by atoms with Crippen LogP contribution in [0.4, 0.5) is 0 Å². The van der Waals surface area contributed by atoms with Crippen molar-refractivity contribution in [2.45, 2.75) is 40.7 Å². The predicted octanol–water partition coefficient (Wildman–Crippen LogP) is 1.73. The Morgan fingerprint density at radius 3 is 2.07 bits per heavy atom. The Hall–Kier alpha value is -0.570. The van der Waals surface area contributed by atoms with E-state index in [2.05, 4.69) is 33.0 Å². The van der Waals surface area contributed by atoms with Crippen molar-refractivity contribution < 1.29 is 4.79 Å². The lowest BCUT2D eigenvalue weighted by molar-refractivity contribution is -0.137. The maximum Gasteiger partial charge on any atom is 0.226 e. The molecular weight excluding hydrogens is 188 g/mol. The van der Waals surface area contributed by atoms with E-state index in [1.54, 1.807) is 0 Å². The lowest BCUT2D eigenvalue weighted by Gasteiger charge is -2.31. The van der Waals surface area contributed by atoms with Gasteiger partial charge in [0.1, 0.15) is 0 Å². The summed E-state index contributed by atoms with van der Waals surface area (Å²) in [6, 6.07) is 0.291. The van der Waals surface area contributed by atoms with Gasteiger partial charge < -0.3 is 10.2 Å². The monoisotopic (exact) mass is 214 g/mol. The van der Waals surface area contributed by atoms with Crippen molar-refractivity contribution in [3.05, 3.63) is 0 Å². The van der Waals surface area contributed by atoms with Crippen LogP contribution in [-0.2, 0) is 4.79 Å². The molecule has 0 aliphatic heterocycles. The van der Waals surface area contributed by atoms with Gasteiger partial charge in [-0.2, -0.15) is 0 Å². The predicted molar refractivity (Wildman–Crippen MR) is 64.8 cm³/mol. The number of carbonyl (C=O) groups excluding carboxylic acids is 1. The maximum atomic E-state index is 12.1. The Kier molecular flexibility index (Phi) is 6.57. The van der Waals surface area contributed by atoms with Crippen molar-refractivity contribution in [1.29, 1.82) is 0 Å². The van der Waals surface area contributed by atoms with E-state index in [4.69, 9.17) is 0 Å². The smallest absolute Gasteiger partial charge is 0.226 e. The van der Waals surface area contributed by atoms with Gasteiger partial charge >= 0.3 is 0 Å². The zero-order valence-corrected chi connectivity index (χ0v) is 11.0. The highest BCUT2D eigenvalue weighted by Crippen LogP contribution is 2.09. The normalized spacial score (nSPS) is 13.3. The van der Waals surface area contributed by atoms with Crippen LogP contribution in [0.25, 0.3) is 0 Å². The molecule has 0 heterocycles. The third kappa shape index (κ3) is 5.17. The van der Waals surface area contributed by atoms with E-state index in [0.29, 0.717) is 12.0 Å². The van der Waals surface area contributed by atoms with Crippen LogP contribution in [0.3, 0.4) is 0 Å². The zero-order chi connectivity index (χ0) is 12.0. The highest BCUT2D eigenvalue weighted by atomic mass is 16.2. The van der Waals surface area contributed by atoms with Crippen LogP contribution in [0.15, 0.2) is 0 Å². The van der Waals surface area contributed by atoms with Gasteiger partial charge in [0.25, 0.3) is 0 Å². The van der Waals surface area contributed by atoms with Gasteiger partial charge in [-0.3, -0.25) is 4.79 Å². The molecule has 1 unspecified atom stereocenters. The third-order valence-electron chi connectivity index (χ3n) is 2.40. The Bertz CT molecular complexity index is 190. The lowest BCUT2D eigenvalue weighted by Crippen LogP contribution is -2.44. The number of hydrogen-bond donors (Lipinski definition) is 1. The Balaban J connectivity index is 4.41. The van der Waals surface area contributed by atoms with E-state index in [1.807, 2.05) is 18.9 Å². The van der Waals surface area contributed by atoms with E-state index in [1.165, 1.54) is 0 Å². The van der Waals surface area contributed by atoms with Gasteiger partial charge in [-0.25, -0.2) is 0 Å². The van der Waals surface area contributed by atoms with Gasteiger partial charge in [0.2, 0.25) is 5.91 Å². The number of carbonyl (C=O) groups is 1. The molecule has 0 radical (unpaired) electrons. The van der Waals surface area contributed by atoms with Crippen LogP contribution in [-0.4, -0.2) is 37.0 Å². The lowest BCUT2D eigenvalue weighted by atomic mass is 10.1. The molecule has 1 atom stereocenters. The second-order valence-corrected chi connectivity index (χ2v) is 4.94. The van der Waals surface area contributed by atoms with Crippen LogP contribution in [0.2, 0.25) is 0 Å². The van der Waals surface area contributed by atoms with Crippen molar-refractivity contribution >= 4 is 5.91 Å². The number of hydrogen-bond acceptors (Lipinski definition) is 2. The molecular formula is C12H26N2O. The topological polar surface area (TPSA) is 32.3 Å². The molecule has 0 aromatic carbocycles. The molecule has 90 valence electrons. The molecule has 0 saturated carbocycles. The number of amides is 1. The fourth-order valence-corrected chi connectivity index (χ4v) is 1.63. The van der Waals surface area contributed by atoms with Gasteiger partial charge in [-0.15, -0.1) is 0 Å². The summed E-state index contributed by atoms with van der Waals surface area (Å²) in [5.74, 6) is 0.849.